The highest BCUT2D eigenvalue weighted by Gasteiger charge is 2.36. The van der Waals surface area contributed by atoms with Gasteiger partial charge in [0.1, 0.15) is 0 Å². The molecule has 25 heavy (non-hydrogen) atoms. The predicted molar refractivity (Wildman–Crippen MR) is 106 cm³/mol. The van der Waals surface area contributed by atoms with Crippen molar-refractivity contribution in [1.82, 2.24) is 19.6 Å². The van der Waals surface area contributed by atoms with E-state index in [0.29, 0.717) is 25.4 Å². The van der Waals surface area contributed by atoms with Crippen LogP contribution in [0.3, 0.4) is 0 Å². The maximum absolute atomic E-state index is 10.0. The summed E-state index contributed by atoms with van der Waals surface area (Å²) in [7, 11) is 8.52. The molecule has 0 aliphatic rings. The minimum atomic E-state index is -0.423. The monoisotopic (exact) mass is 360 g/mol. The molecule has 152 valence electrons. The molecule has 0 aliphatic carbocycles. The number of aliphatic hydroxyl groups excluding tert-OH is 2. The number of hydrogen-bond acceptors (Lipinski definition) is 6. The Kier molecular flexibility index (Phi) is 12.1. The summed E-state index contributed by atoms with van der Waals surface area (Å²) in [6, 6.07) is 0. The molecule has 0 aromatic heterocycles. The molecule has 0 heterocycles. The third-order valence-corrected chi connectivity index (χ3v) is 4.74. The molecule has 2 N–H and O–H groups in total. The molecule has 0 radical (unpaired) electrons. The van der Waals surface area contributed by atoms with Crippen LogP contribution in [0.1, 0.15) is 53.9 Å². The van der Waals surface area contributed by atoms with Crippen molar-refractivity contribution < 1.29 is 10.2 Å². The highest BCUT2D eigenvalue weighted by atomic mass is 16.3. The molecule has 0 aromatic rings. The predicted octanol–water partition coefficient (Wildman–Crippen LogP) is 1.68. The van der Waals surface area contributed by atoms with Crippen molar-refractivity contribution in [2.45, 2.75) is 84.6 Å². The Balaban J connectivity index is 5.92. The zero-order valence-electron chi connectivity index (χ0n) is 18.1. The first-order valence-corrected chi connectivity index (χ1v) is 9.80. The van der Waals surface area contributed by atoms with Crippen LogP contribution in [0.2, 0.25) is 0 Å². The van der Waals surface area contributed by atoms with Crippen LogP contribution in [-0.4, -0.2) is 102 Å². The van der Waals surface area contributed by atoms with Crippen molar-refractivity contribution in [1.29, 1.82) is 0 Å². The van der Waals surface area contributed by atoms with Crippen LogP contribution >= 0.6 is 0 Å². The van der Waals surface area contributed by atoms with E-state index in [-0.39, 0.29) is 6.17 Å². The molecule has 5 atom stereocenters. The number of nitrogens with zero attached hydrogens (tertiary/aromatic N) is 4. The molecule has 0 rings (SSSR count). The standard InChI is InChI=1S/C19H44N4O2/c1-10-17(20(6)7)23(18(11-2)21(8)9)19(12-3)22(13-15(4)24)14-16(5)25/h15-19,24-25H,10-14H2,1-9H3. The molecule has 0 bridgehead atoms. The Bertz CT molecular complexity index is 311. The number of aliphatic hydroxyl groups is 2. The van der Waals surface area contributed by atoms with E-state index in [1.807, 2.05) is 13.8 Å². The summed E-state index contributed by atoms with van der Waals surface area (Å²) in [6.07, 6.45) is 2.88. The van der Waals surface area contributed by atoms with Gasteiger partial charge < -0.3 is 10.2 Å². The normalized spacial score (nSPS) is 18.8. The maximum Gasteiger partial charge on any atom is 0.0649 e. The van der Waals surface area contributed by atoms with Gasteiger partial charge in [0.05, 0.1) is 30.7 Å². The Labute approximate surface area is 156 Å². The second-order valence-corrected chi connectivity index (χ2v) is 7.69. The first-order valence-electron chi connectivity index (χ1n) is 9.80. The van der Waals surface area contributed by atoms with E-state index in [0.717, 1.165) is 19.3 Å². The smallest absolute Gasteiger partial charge is 0.0649 e. The van der Waals surface area contributed by atoms with Crippen LogP contribution < -0.4 is 0 Å². The first kappa shape index (κ1) is 24.8. The first-order chi connectivity index (χ1) is 11.6. The fraction of sp³-hybridized carbons (Fsp3) is 1.00. The molecule has 0 amide bonds. The fourth-order valence-corrected chi connectivity index (χ4v) is 3.94. The van der Waals surface area contributed by atoms with Crippen LogP contribution in [0.5, 0.6) is 0 Å². The Hall–Kier alpha value is -0.240. The average molecular weight is 361 g/mol. The van der Waals surface area contributed by atoms with Gasteiger partial charge in [-0.2, -0.15) is 0 Å². The number of hydrogen-bond donors (Lipinski definition) is 2. The zero-order valence-corrected chi connectivity index (χ0v) is 18.1. The molecule has 0 saturated heterocycles. The highest BCUT2D eigenvalue weighted by Crippen LogP contribution is 2.24. The van der Waals surface area contributed by atoms with Gasteiger partial charge in [0, 0.05) is 13.1 Å². The van der Waals surface area contributed by atoms with E-state index in [9.17, 15) is 10.2 Å². The van der Waals surface area contributed by atoms with Crippen molar-refractivity contribution in [3.05, 3.63) is 0 Å². The van der Waals surface area contributed by atoms with Gasteiger partial charge in [0.2, 0.25) is 0 Å². The molecule has 0 saturated carbocycles. The molecule has 0 spiro atoms. The molecule has 0 aliphatic heterocycles. The molecular weight excluding hydrogens is 316 g/mol. The molecule has 6 heteroatoms. The van der Waals surface area contributed by atoms with E-state index in [1.54, 1.807) is 0 Å². The van der Waals surface area contributed by atoms with E-state index >= 15 is 0 Å². The van der Waals surface area contributed by atoms with Gasteiger partial charge in [-0.15, -0.1) is 0 Å². The van der Waals surface area contributed by atoms with Gasteiger partial charge in [-0.05, 0) is 61.3 Å². The van der Waals surface area contributed by atoms with E-state index in [2.05, 4.69) is 68.6 Å². The van der Waals surface area contributed by atoms with Gasteiger partial charge in [-0.3, -0.25) is 19.6 Å². The summed E-state index contributed by atoms with van der Waals surface area (Å²) >= 11 is 0. The van der Waals surface area contributed by atoms with Crippen LogP contribution in [0.25, 0.3) is 0 Å². The summed E-state index contributed by atoms with van der Waals surface area (Å²) in [6.45, 7) is 11.4. The van der Waals surface area contributed by atoms with Gasteiger partial charge in [-0.25, -0.2) is 0 Å². The quantitative estimate of drug-likeness (QED) is 0.488. The lowest BCUT2D eigenvalue weighted by molar-refractivity contribution is -0.113. The van der Waals surface area contributed by atoms with Gasteiger partial charge in [0.25, 0.3) is 0 Å². The van der Waals surface area contributed by atoms with E-state index in [4.69, 9.17) is 0 Å². The van der Waals surface area contributed by atoms with Crippen molar-refractivity contribution in [2.24, 2.45) is 0 Å². The van der Waals surface area contributed by atoms with Crippen LogP contribution in [-0.2, 0) is 0 Å². The van der Waals surface area contributed by atoms with Crippen molar-refractivity contribution >= 4 is 0 Å². The average Bonchev–Trinajstić information content (AvgIpc) is 2.46. The summed E-state index contributed by atoms with van der Waals surface area (Å²) in [5.74, 6) is 0. The molecular formula is C19H44N4O2. The third kappa shape index (κ3) is 7.89. The van der Waals surface area contributed by atoms with Gasteiger partial charge in [-0.1, -0.05) is 20.8 Å². The minimum absolute atomic E-state index is 0.156. The summed E-state index contributed by atoms with van der Waals surface area (Å²) in [5.41, 5.74) is 0. The van der Waals surface area contributed by atoms with Crippen LogP contribution in [0, 0.1) is 0 Å². The van der Waals surface area contributed by atoms with E-state index < -0.39 is 12.2 Å². The second kappa shape index (κ2) is 12.2. The Morgan fingerprint density at radius 2 is 0.960 bits per heavy atom. The third-order valence-electron chi connectivity index (χ3n) is 4.74. The zero-order chi connectivity index (χ0) is 19.7. The molecule has 5 unspecified atom stereocenters. The second-order valence-electron chi connectivity index (χ2n) is 7.69. The topological polar surface area (TPSA) is 53.4 Å². The highest BCUT2D eigenvalue weighted by molar-refractivity contribution is 4.84. The Morgan fingerprint density at radius 3 is 1.16 bits per heavy atom. The lowest BCUT2D eigenvalue weighted by Gasteiger charge is -2.51. The molecule has 0 aromatic carbocycles. The summed E-state index contributed by atoms with van der Waals surface area (Å²) in [5, 5.41) is 20.0. The minimum Gasteiger partial charge on any atom is -0.392 e. The number of rotatable bonds is 13. The van der Waals surface area contributed by atoms with Crippen molar-refractivity contribution in [3.8, 4) is 0 Å². The lowest BCUT2D eigenvalue weighted by Crippen LogP contribution is -2.63. The molecule has 0 fully saturated rings. The van der Waals surface area contributed by atoms with Gasteiger partial charge >= 0.3 is 0 Å². The van der Waals surface area contributed by atoms with Gasteiger partial charge in [0.15, 0.2) is 0 Å². The largest absolute Gasteiger partial charge is 0.392 e. The summed E-state index contributed by atoms with van der Waals surface area (Å²) in [4.78, 5) is 9.36. The SMILES string of the molecule is CCC(N(C)C)N(C(CC)N(C)C)C(CC)N(CC(C)O)CC(C)O. The fourth-order valence-electron chi connectivity index (χ4n) is 3.94. The molecule has 6 nitrogen and oxygen atoms in total. The van der Waals surface area contributed by atoms with Crippen LogP contribution in [0.4, 0.5) is 0 Å². The Morgan fingerprint density at radius 1 is 0.640 bits per heavy atom. The summed E-state index contributed by atoms with van der Waals surface area (Å²) < 4.78 is 0. The lowest BCUT2D eigenvalue weighted by atomic mass is 10.1. The van der Waals surface area contributed by atoms with Crippen molar-refractivity contribution in [2.75, 3.05) is 41.3 Å². The maximum atomic E-state index is 10.0. The van der Waals surface area contributed by atoms with E-state index in [1.165, 1.54) is 0 Å². The van der Waals surface area contributed by atoms with Crippen molar-refractivity contribution in [3.63, 3.8) is 0 Å². The van der Waals surface area contributed by atoms with Crippen LogP contribution in [0.15, 0.2) is 0 Å².